The molecule has 0 saturated heterocycles. The lowest BCUT2D eigenvalue weighted by Crippen LogP contribution is -2.45. The Morgan fingerprint density at radius 3 is 2.51 bits per heavy atom. The van der Waals surface area contributed by atoms with Crippen LogP contribution in [0.4, 0.5) is 4.79 Å². The molecule has 0 aliphatic carbocycles. The molecule has 1 aromatic heterocycles. The highest BCUT2D eigenvalue weighted by molar-refractivity contribution is 5.87. The molecule has 11 nitrogen and oxygen atoms in total. The van der Waals surface area contributed by atoms with E-state index in [4.69, 9.17) is 18.6 Å². The third kappa shape index (κ3) is 8.07. The second kappa shape index (κ2) is 13.1. The minimum atomic E-state index is -1.24. The Balaban J connectivity index is 1.57. The Morgan fingerprint density at radius 1 is 1.05 bits per heavy atom. The lowest BCUT2D eigenvalue weighted by Gasteiger charge is -2.19. The molecule has 0 radical (unpaired) electrons. The van der Waals surface area contributed by atoms with Crippen LogP contribution >= 0.6 is 0 Å². The first-order valence-electron chi connectivity index (χ1n) is 11.4. The highest BCUT2D eigenvalue weighted by atomic mass is 16.5. The van der Waals surface area contributed by atoms with E-state index in [0.717, 1.165) is 5.56 Å². The molecule has 0 aliphatic heterocycles. The highest BCUT2D eigenvalue weighted by Crippen LogP contribution is 2.23. The molecule has 2 amide bonds. The first-order valence-corrected chi connectivity index (χ1v) is 11.4. The number of nitrogens with one attached hydrogen (secondary N) is 2. The van der Waals surface area contributed by atoms with Crippen LogP contribution in [0.3, 0.4) is 0 Å². The zero-order valence-corrected chi connectivity index (χ0v) is 20.4. The summed E-state index contributed by atoms with van der Waals surface area (Å²) < 4.78 is 20.2. The first kappa shape index (κ1) is 27.2. The largest absolute Gasteiger partial charge is 0.497 e. The van der Waals surface area contributed by atoms with Gasteiger partial charge in [-0.15, -0.1) is 0 Å². The summed E-state index contributed by atoms with van der Waals surface area (Å²) >= 11 is 0. The van der Waals surface area contributed by atoms with Gasteiger partial charge in [0.1, 0.15) is 24.0 Å². The molecule has 0 aliphatic rings. The molecular weight excluding hydrogens is 484 g/mol. The summed E-state index contributed by atoms with van der Waals surface area (Å²) in [5.41, 5.74) is 0.881. The van der Waals surface area contributed by atoms with Crippen molar-refractivity contribution in [2.24, 2.45) is 0 Å². The van der Waals surface area contributed by atoms with Gasteiger partial charge < -0.3 is 34.4 Å². The van der Waals surface area contributed by atoms with Crippen molar-refractivity contribution < 1.29 is 38.1 Å². The van der Waals surface area contributed by atoms with Gasteiger partial charge in [-0.3, -0.25) is 4.79 Å². The standard InChI is InChI=1S/C26H28N2O9/c1-34-19-8-9-20-17(11-24(31)37-22(20)13-19)10-21(25(32)35-2)28-23(30)12-18(29)14-27-26(33)36-15-16-6-4-3-5-7-16/h3-9,11,13,18,21,29H,10,12,14-15H2,1-2H3,(H,27,33)(H,28,30)/t18-,21+/m0/s1. The van der Waals surface area contributed by atoms with Crippen molar-refractivity contribution in [3.05, 3.63) is 76.1 Å². The summed E-state index contributed by atoms with van der Waals surface area (Å²) in [6.45, 7) is -0.181. The SMILES string of the molecule is COC(=O)[C@@H](Cc1cc(=O)oc2cc(OC)ccc12)NC(=O)C[C@H](O)CNC(=O)OCc1ccccc1. The normalized spacial score (nSPS) is 12.3. The molecule has 3 aromatic rings. The number of hydrogen-bond acceptors (Lipinski definition) is 9. The van der Waals surface area contributed by atoms with Crippen LogP contribution in [0, 0.1) is 0 Å². The number of methoxy groups -OCH3 is 2. The van der Waals surface area contributed by atoms with Gasteiger partial charge in [-0.05, 0) is 23.3 Å². The molecule has 196 valence electrons. The van der Waals surface area contributed by atoms with Crippen LogP contribution in [-0.2, 0) is 32.1 Å². The lowest BCUT2D eigenvalue weighted by atomic mass is 10.0. The van der Waals surface area contributed by atoms with E-state index in [0.29, 0.717) is 16.7 Å². The number of esters is 1. The van der Waals surface area contributed by atoms with Crippen molar-refractivity contribution >= 4 is 28.9 Å². The number of carbonyl (C=O) groups excluding carboxylic acids is 3. The van der Waals surface area contributed by atoms with Gasteiger partial charge in [-0.25, -0.2) is 14.4 Å². The number of amides is 2. The maximum Gasteiger partial charge on any atom is 0.407 e. The molecule has 2 atom stereocenters. The summed E-state index contributed by atoms with van der Waals surface area (Å²) in [5.74, 6) is -0.909. The summed E-state index contributed by atoms with van der Waals surface area (Å²) in [6.07, 6.45) is -2.45. The van der Waals surface area contributed by atoms with E-state index < -0.39 is 42.2 Å². The fraction of sp³-hybridized carbons (Fsp3) is 0.308. The minimum Gasteiger partial charge on any atom is -0.497 e. The Kier molecular flexibility index (Phi) is 9.61. The third-order valence-electron chi connectivity index (χ3n) is 5.40. The van der Waals surface area contributed by atoms with Crippen LogP contribution in [0.2, 0.25) is 0 Å². The smallest absolute Gasteiger partial charge is 0.407 e. The number of aliphatic hydroxyl groups excluding tert-OH is 1. The van der Waals surface area contributed by atoms with Crippen molar-refractivity contribution in [2.75, 3.05) is 20.8 Å². The topological polar surface area (TPSA) is 153 Å². The molecule has 0 fully saturated rings. The maximum absolute atomic E-state index is 12.5. The quantitative estimate of drug-likeness (QED) is 0.257. The molecule has 11 heteroatoms. The zero-order valence-electron chi connectivity index (χ0n) is 20.4. The fourth-order valence-electron chi connectivity index (χ4n) is 3.58. The van der Waals surface area contributed by atoms with Gasteiger partial charge >= 0.3 is 17.7 Å². The highest BCUT2D eigenvalue weighted by Gasteiger charge is 2.25. The summed E-state index contributed by atoms with van der Waals surface area (Å²) in [7, 11) is 2.65. The van der Waals surface area contributed by atoms with E-state index in [2.05, 4.69) is 10.6 Å². The minimum absolute atomic E-state index is 0.0589. The van der Waals surface area contributed by atoms with Gasteiger partial charge in [0, 0.05) is 30.5 Å². The van der Waals surface area contributed by atoms with Crippen molar-refractivity contribution in [2.45, 2.75) is 31.6 Å². The van der Waals surface area contributed by atoms with Crippen LogP contribution < -0.4 is 21.0 Å². The van der Waals surface area contributed by atoms with Gasteiger partial charge in [-0.2, -0.15) is 0 Å². The number of ether oxygens (including phenoxy) is 3. The molecule has 0 unspecified atom stereocenters. The second-order valence-electron chi connectivity index (χ2n) is 8.10. The van der Waals surface area contributed by atoms with Crippen molar-refractivity contribution in [3.63, 3.8) is 0 Å². The third-order valence-corrected chi connectivity index (χ3v) is 5.40. The van der Waals surface area contributed by atoms with Gasteiger partial charge in [0.15, 0.2) is 0 Å². The number of alkyl carbamates (subject to hydrolysis) is 1. The number of hydrogen-bond donors (Lipinski definition) is 3. The van der Waals surface area contributed by atoms with Crippen LogP contribution in [0.1, 0.15) is 17.5 Å². The van der Waals surface area contributed by atoms with Gasteiger partial charge in [-0.1, -0.05) is 30.3 Å². The van der Waals surface area contributed by atoms with E-state index in [9.17, 15) is 24.3 Å². The molecule has 37 heavy (non-hydrogen) atoms. The van der Waals surface area contributed by atoms with Gasteiger partial charge in [0.25, 0.3) is 0 Å². The molecular formula is C26H28N2O9. The molecule has 0 spiro atoms. The van der Waals surface area contributed by atoms with Crippen LogP contribution in [0.15, 0.2) is 63.8 Å². The first-order chi connectivity index (χ1) is 17.8. The average molecular weight is 513 g/mol. The zero-order chi connectivity index (χ0) is 26.8. The average Bonchev–Trinajstić information content (AvgIpc) is 2.89. The molecule has 3 rings (SSSR count). The Morgan fingerprint density at radius 2 is 1.81 bits per heavy atom. The van der Waals surface area contributed by atoms with Crippen LogP contribution in [0.5, 0.6) is 5.75 Å². The number of rotatable bonds is 11. The van der Waals surface area contributed by atoms with E-state index in [1.54, 1.807) is 30.3 Å². The number of fused-ring (bicyclic) bond motifs is 1. The van der Waals surface area contributed by atoms with E-state index in [1.165, 1.54) is 20.3 Å². The van der Waals surface area contributed by atoms with Gasteiger partial charge in [0.2, 0.25) is 5.91 Å². The Hall–Kier alpha value is -4.38. The number of aliphatic hydroxyl groups is 1. The summed E-state index contributed by atoms with van der Waals surface area (Å²) in [4.78, 5) is 48.8. The fourth-order valence-corrected chi connectivity index (χ4v) is 3.58. The van der Waals surface area contributed by atoms with Crippen molar-refractivity contribution in [3.8, 4) is 5.75 Å². The predicted octanol–water partition coefficient (Wildman–Crippen LogP) is 1.68. The summed E-state index contributed by atoms with van der Waals surface area (Å²) in [5, 5.41) is 15.6. The molecule has 1 heterocycles. The van der Waals surface area contributed by atoms with E-state index in [-0.39, 0.29) is 25.2 Å². The lowest BCUT2D eigenvalue weighted by molar-refractivity contribution is -0.145. The van der Waals surface area contributed by atoms with Crippen molar-refractivity contribution in [1.82, 2.24) is 10.6 Å². The molecule has 0 saturated carbocycles. The van der Waals surface area contributed by atoms with Crippen LogP contribution in [-0.4, -0.2) is 56.0 Å². The number of benzene rings is 2. The van der Waals surface area contributed by atoms with E-state index >= 15 is 0 Å². The second-order valence-corrected chi connectivity index (χ2v) is 8.10. The van der Waals surface area contributed by atoms with Gasteiger partial charge in [0.05, 0.1) is 26.7 Å². The molecule has 0 bridgehead atoms. The van der Waals surface area contributed by atoms with E-state index in [1.807, 2.05) is 18.2 Å². The molecule has 3 N–H and O–H groups in total. The monoisotopic (exact) mass is 512 g/mol. The van der Waals surface area contributed by atoms with Crippen molar-refractivity contribution in [1.29, 1.82) is 0 Å². The Labute approximate surface area is 212 Å². The summed E-state index contributed by atoms with van der Waals surface area (Å²) in [6, 6.07) is 14.0. The molecule has 2 aromatic carbocycles. The maximum atomic E-state index is 12.5. The predicted molar refractivity (Wildman–Crippen MR) is 132 cm³/mol. The Bertz CT molecular complexity index is 1290. The van der Waals surface area contributed by atoms with Crippen LogP contribution in [0.25, 0.3) is 11.0 Å². The number of carbonyl (C=O) groups is 3.